The molecule has 1 heterocycles. The van der Waals surface area contributed by atoms with Gasteiger partial charge in [-0.15, -0.1) is 3.96 Å². The second-order valence-corrected chi connectivity index (χ2v) is 6.53. The van der Waals surface area contributed by atoms with Gasteiger partial charge < -0.3 is 0 Å². The van der Waals surface area contributed by atoms with E-state index in [0.29, 0.717) is 0 Å². The Morgan fingerprint density at radius 2 is 1.62 bits per heavy atom. The van der Waals surface area contributed by atoms with Crippen molar-refractivity contribution in [3.63, 3.8) is 0 Å². The number of hydrogen-bond donors (Lipinski definition) is 0. The van der Waals surface area contributed by atoms with Gasteiger partial charge in [0.05, 0.1) is 4.88 Å². The van der Waals surface area contributed by atoms with E-state index in [0.717, 1.165) is 0 Å². The van der Waals surface area contributed by atoms with Crippen molar-refractivity contribution in [3.8, 4) is 0 Å². The topological polar surface area (TPSA) is 3.88 Å². The minimum Gasteiger partial charge on any atom is -0.136 e. The van der Waals surface area contributed by atoms with E-state index < -0.39 is 0 Å². The first-order valence-electron chi connectivity index (χ1n) is 4.74. The number of rotatable bonds is 0. The summed E-state index contributed by atoms with van der Waals surface area (Å²) in [5, 5.41) is 0. The molecule has 1 nitrogen and oxygen atoms in total. The van der Waals surface area contributed by atoms with E-state index in [1.807, 2.05) is 11.5 Å². The summed E-state index contributed by atoms with van der Waals surface area (Å²) in [6, 6.07) is 2.23. The van der Waals surface area contributed by atoms with Gasteiger partial charge in [0.2, 0.25) is 0 Å². The standard InChI is InChI=1S/C11H20NS/c1-10(2,3)9-7-8-12(13-9)11(4,5)6/h7-8H,1-6H3/q+1. The van der Waals surface area contributed by atoms with Crippen molar-refractivity contribution in [2.45, 2.75) is 52.5 Å². The average molecular weight is 198 g/mol. The lowest BCUT2D eigenvalue weighted by atomic mass is 9.95. The van der Waals surface area contributed by atoms with Crippen LogP contribution < -0.4 is 3.96 Å². The molecule has 0 radical (unpaired) electrons. The molecular weight excluding hydrogens is 178 g/mol. The van der Waals surface area contributed by atoms with Gasteiger partial charge in [0.1, 0.15) is 11.5 Å². The summed E-state index contributed by atoms with van der Waals surface area (Å²) in [6.07, 6.45) is 2.19. The van der Waals surface area contributed by atoms with Crippen molar-refractivity contribution in [2.24, 2.45) is 0 Å². The summed E-state index contributed by atoms with van der Waals surface area (Å²) in [5.74, 6) is 0. The highest BCUT2D eigenvalue weighted by Crippen LogP contribution is 2.25. The van der Waals surface area contributed by atoms with Crippen LogP contribution in [0.4, 0.5) is 0 Å². The minimum absolute atomic E-state index is 0.216. The molecule has 0 saturated heterocycles. The zero-order valence-corrected chi connectivity index (χ0v) is 10.3. The average Bonchev–Trinajstić information content (AvgIpc) is 2.28. The molecule has 0 bridgehead atoms. The van der Waals surface area contributed by atoms with Crippen molar-refractivity contribution >= 4 is 11.5 Å². The zero-order valence-electron chi connectivity index (χ0n) is 9.51. The molecule has 0 unspecified atom stereocenters. The molecule has 0 fully saturated rings. The van der Waals surface area contributed by atoms with Gasteiger partial charge in [-0.25, -0.2) is 0 Å². The van der Waals surface area contributed by atoms with Crippen molar-refractivity contribution in [1.29, 1.82) is 0 Å². The van der Waals surface area contributed by atoms with Gasteiger partial charge in [0.25, 0.3) is 0 Å². The van der Waals surface area contributed by atoms with Crippen LogP contribution in [0.2, 0.25) is 0 Å². The lowest BCUT2D eigenvalue weighted by molar-refractivity contribution is -0.692. The largest absolute Gasteiger partial charge is 0.184 e. The van der Waals surface area contributed by atoms with Crippen LogP contribution in [-0.2, 0) is 11.0 Å². The Hall–Kier alpha value is -0.370. The molecule has 13 heavy (non-hydrogen) atoms. The smallest absolute Gasteiger partial charge is 0.136 e. The molecule has 0 spiro atoms. The van der Waals surface area contributed by atoms with Crippen LogP contribution in [0, 0.1) is 0 Å². The molecule has 1 aromatic rings. The van der Waals surface area contributed by atoms with Gasteiger partial charge in [-0.05, 0) is 0 Å². The van der Waals surface area contributed by atoms with Crippen LogP contribution >= 0.6 is 11.5 Å². The maximum absolute atomic E-state index is 2.31. The quantitative estimate of drug-likeness (QED) is 0.564. The van der Waals surface area contributed by atoms with Crippen molar-refractivity contribution in [1.82, 2.24) is 0 Å². The molecule has 0 aromatic carbocycles. The van der Waals surface area contributed by atoms with Crippen molar-refractivity contribution in [2.75, 3.05) is 0 Å². The normalized spacial score (nSPS) is 13.4. The van der Waals surface area contributed by atoms with Gasteiger partial charge in [0, 0.05) is 32.3 Å². The molecule has 0 atom stereocenters. The van der Waals surface area contributed by atoms with Crippen LogP contribution in [0.1, 0.15) is 46.4 Å². The summed E-state index contributed by atoms with van der Waals surface area (Å²) in [5.41, 5.74) is 0.495. The fourth-order valence-corrected chi connectivity index (χ4v) is 2.05. The summed E-state index contributed by atoms with van der Waals surface area (Å²) in [4.78, 5) is 1.45. The van der Waals surface area contributed by atoms with E-state index in [1.54, 1.807) is 0 Å². The third-order valence-corrected chi connectivity index (χ3v) is 3.77. The third kappa shape index (κ3) is 2.53. The van der Waals surface area contributed by atoms with Crippen LogP contribution in [0.15, 0.2) is 12.3 Å². The van der Waals surface area contributed by atoms with E-state index in [-0.39, 0.29) is 11.0 Å². The van der Waals surface area contributed by atoms with Gasteiger partial charge in [-0.1, -0.05) is 20.8 Å². The highest BCUT2D eigenvalue weighted by molar-refractivity contribution is 7.01. The fraction of sp³-hybridized carbons (Fsp3) is 0.727. The molecule has 2 heteroatoms. The number of aromatic nitrogens is 1. The molecule has 0 aliphatic heterocycles. The number of hydrogen-bond acceptors (Lipinski definition) is 1. The summed E-state index contributed by atoms with van der Waals surface area (Å²) >= 11 is 1.86. The Balaban J connectivity index is 3.01. The highest BCUT2D eigenvalue weighted by atomic mass is 32.1. The Bertz CT molecular complexity index is 257. The predicted octanol–water partition coefficient (Wildman–Crippen LogP) is 3.09. The lowest BCUT2D eigenvalue weighted by Gasteiger charge is -2.13. The van der Waals surface area contributed by atoms with Gasteiger partial charge in [0.15, 0.2) is 11.7 Å². The molecule has 0 aliphatic carbocycles. The fourth-order valence-electron chi connectivity index (χ4n) is 1.05. The molecule has 0 aliphatic rings. The zero-order chi connectivity index (χ0) is 10.3. The molecule has 0 amide bonds. The van der Waals surface area contributed by atoms with E-state index >= 15 is 0 Å². The first-order valence-corrected chi connectivity index (χ1v) is 5.51. The molecular formula is C11H20NS+. The molecule has 1 aromatic heterocycles. The minimum atomic E-state index is 0.216. The van der Waals surface area contributed by atoms with Crippen LogP contribution in [0.3, 0.4) is 0 Å². The van der Waals surface area contributed by atoms with E-state index in [9.17, 15) is 0 Å². The third-order valence-electron chi connectivity index (χ3n) is 1.96. The molecule has 74 valence electrons. The monoisotopic (exact) mass is 198 g/mol. The Labute approximate surface area is 85.6 Å². The van der Waals surface area contributed by atoms with Gasteiger partial charge in [-0.2, -0.15) is 0 Å². The highest BCUT2D eigenvalue weighted by Gasteiger charge is 2.27. The SMILES string of the molecule is CC(C)(C)c1cc[n+](C(C)(C)C)s1. The number of nitrogens with zero attached hydrogens (tertiary/aromatic N) is 1. The van der Waals surface area contributed by atoms with Crippen LogP contribution in [0.5, 0.6) is 0 Å². The van der Waals surface area contributed by atoms with Crippen molar-refractivity contribution in [3.05, 3.63) is 17.1 Å². The Kier molecular flexibility index (Phi) is 2.54. The molecule has 0 N–H and O–H groups in total. The van der Waals surface area contributed by atoms with Crippen molar-refractivity contribution < 1.29 is 3.96 Å². The lowest BCUT2D eigenvalue weighted by Crippen LogP contribution is -2.46. The van der Waals surface area contributed by atoms with E-state index in [1.165, 1.54) is 4.88 Å². The summed E-state index contributed by atoms with van der Waals surface area (Å²) in [7, 11) is 0. The maximum Gasteiger partial charge on any atom is 0.184 e. The maximum atomic E-state index is 2.31. The van der Waals surface area contributed by atoms with E-state index in [2.05, 4.69) is 57.8 Å². The molecule has 0 saturated carbocycles. The second kappa shape index (κ2) is 3.09. The first kappa shape index (κ1) is 10.7. The predicted molar refractivity (Wildman–Crippen MR) is 58.2 cm³/mol. The van der Waals surface area contributed by atoms with Gasteiger partial charge in [-0.3, -0.25) is 0 Å². The van der Waals surface area contributed by atoms with Crippen LogP contribution in [-0.4, -0.2) is 0 Å². The van der Waals surface area contributed by atoms with E-state index in [4.69, 9.17) is 0 Å². The van der Waals surface area contributed by atoms with Gasteiger partial charge >= 0.3 is 0 Å². The second-order valence-electron chi connectivity index (χ2n) is 5.52. The summed E-state index contributed by atoms with van der Waals surface area (Å²) < 4.78 is 2.31. The molecule has 1 rings (SSSR count). The first-order chi connectivity index (χ1) is 5.71. The van der Waals surface area contributed by atoms with Crippen LogP contribution in [0.25, 0.3) is 0 Å². The Morgan fingerprint density at radius 3 is 1.85 bits per heavy atom. The Morgan fingerprint density at radius 1 is 1.08 bits per heavy atom. The summed E-state index contributed by atoms with van der Waals surface area (Å²) in [6.45, 7) is 13.5.